The lowest BCUT2D eigenvalue weighted by molar-refractivity contribution is -0.115. The standard InChI is InChI=1S/C17H19ClN2O4S/c1-12(2)24-15-6-8-16(9-7-15)25(22,23)19-11-17(21)20-14-5-3-4-13(18)10-14/h3-10,12,19H,11H2,1-2H3,(H,20,21). The minimum Gasteiger partial charge on any atom is -0.491 e. The summed E-state index contributed by atoms with van der Waals surface area (Å²) in [5.41, 5.74) is 0.492. The zero-order chi connectivity index (χ0) is 18.4. The van der Waals surface area contributed by atoms with Gasteiger partial charge in [0.1, 0.15) is 5.75 Å². The molecule has 0 saturated carbocycles. The SMILES string of the molecule is CC(C)Oc1ccc(S(=O)(=O)NCC(=O)Nc2cccc(Cl)c2)cc1. The molecular formula is C17H19ClN2O4S. The number of benzene rings is 2. The molecule has 0 aliphatic rings. The fraction of sp³-hybridized carbons (Fsp3) is 0.235. The molecular weight excluding hydrogens is 364 g/mol. The summed E-state index contributed by atoms with van der Waals surface area (Å²) < 4.78 is 32.2. The van der Waals surface area contributed by atoms with Gasteiger partial charge in [-0.15, -0.1) is 0 Å². The third kappa shape index (κ3) is 6.04. The Morgan fingerprint density at radius 2 is 1.84 bits per heavy atom. The van der Waals surface area contributed by atoms with Crippen LogP contribution in [-0.2, 0) is 14.8 Å². The van der Waals surface area contributed by atoms with Crippen molar-refractivity contribution in [1.29, 1.82) is 0 Å². The lowest BCUT2D eigenvalue weighted by Crippen LogP contribution is -2.32. The Morgan fingerprint density at radius 1 is 1.16 bits per heavy atom. The summed E-state index contributed by atoms with van der Waals surface area (Å²) >= 11 is 5.83. The molecule has 0 atom stereocenters. The van der Waals surface area contributed by atoms with Gasteiger partial charge in [-0.1, -0.05) is 17.7 Å². The first-order valence-electron chi connectivity index (χ1n) is 7.58. The molecule has 8 heteroatoms. The third-order valence-electron chi connectivity index (χ3n) is 3.04. The van der Waals surface area contributed by atoms with E-state index in [1.165, 1.54) is 12.1 Å². The van der Waals surface area contributed by atoms with Gasteiger partial charge in [-0.2, -0.15) is 0 Å². The number of halogens is 1. The van der Waals surface area contributed by atoms with Crippen LogP contribution < -0.4 is 14.8 Å². The van der Waals surface area contributed by atoms with Gasteiger partial charge in [0.05, 0.1) is 17.5 Å². The molecule has 0 saturated heterocycles. The van der Waals surface area contributed by atoms with E-state index < -0.39 is 15.9 Å². The summed E-state index contributed by atoms with van der Waals surface area (Å²) in [5.74, 6) is 0.0817. The van der Waals surface area contributed by atoms with Crippen LogP contribution in [0.2, 0.25) is 5.02 Å². The second-order valence-corrected chi connectivity index (χ2v) is 7.72. The van der Waals surface area contributed by atoms with Crippen molar-refractivity contribution in [2.45, 2.75) is 24.8 Å². The Kier molecular flexibility index (Phi) is 6.41. The molecule has 6 nitrogen and oxygen atoms in total. The van der Waals surface area contributed by atoms with Crippen molar-refractivity contribution in [1.82, 2.24) is 4.72 Å². The lowest BCUT2D eigenvalue weighted by Gasteiger charge is -2.11. The summed E-state index contributed by atoms with van der Waals surface area (Å²) in [6.45, 7) is 3.37. The molecule has 0 aromatic heterocycles. The predicted molar refractivity (Wildman–Crippen MR) is 97.5 cm³/mol. The molecule has 134 valence electrons. The number of hydrogen-bond acceptors (Lipinski definition) is 4. The van der Waals surface area contributed by atoms with E-state index in [0.717, 1.165) is 0 Å². The van der Waals surface area contributed by atoms with E-state index in [4.69, 9.17) is 16.3 Å². The van der Waals surface area contributed by atoms with Crippen LogP contribution >= 0.6 is 11.6 Å². The molecule has 0 aliphatic carbocycles. The minimum atomic E-state index is -3.79. The number of amides is 1. The molecule has 0 heterocycles. The quantitative estimate of drug-likeness (QED) is 0.770. The number of ether oxygens (including phenoxy) is 1. The minimum absolute atomic E-state index is 0.00392. The molecule has 1 amide bonds. The number of nitrogens with one attached hydrogen (secondary N) is 2. The lowest BCUT2D eigenvalue weighted by atomic mass is 10.3. The number of anilines is 1. The van der Waals surface area contributed by atoms with E-state index in [2.05, 4.69) is 10.0 Å². The van der Waals surface area contributed by atoms with Gasteiger partial charge >= 0.3 is 0 Å². The number of rotatable bonds is 7. The molecule has 25 heavy (non-hydrogen) atoms. The molecule has 2 aromatic carbocycles. The monoisotopic (exact) mass is 382 g/mol. The zero-order valence-corrected chi connectivity index (χ0v) is 15.4. The van der Waals surface area contributed by atoms with Gasteiger partial charge < -0.3 is 10.1 Å². The largest absolute Gasteiger partial charge is 0.491 e. The van der Waals surface area contributed by atoms with Crippen LogP contribution in [0.25, 0.3) is 0 Å². The Bertz CT molecular complexity index is 836. The highest BCUT2D eigenvalue weighted by atomic mass is 35.5. The van der Waals surface area contributed by atoms with Crippen LogP contribution in [0.5, 0.6) is 5.75 Å². The van der Waals surface area contributed by atoms with E-state index in [1.54, 1.807) is 36.4 Å². The van der Waals surface area contributed by atoms with Crippen molar-refractivity contribution in [3.05, 3.63) is 53.6 Å². The maximum absolute atomic E-state index is 12.2. The van der Waals surface area contributed by atoms with Gasteiger partial charge in [0.2, 0.25) is 15.9 Å². The van der Waals surface area contributed by atoms with Crippen molar-refractivity contribution in [2.24, 2.45) is 0 Å². The van der Waals surface area contributed by atoms with E-state index in [1.807, 2.05) is 13.8 Å². The Morgan fingerprint density at radius 3 is 2.44 bits per heavy atom. The topological polar surface area (TPSA) is 84.5 Å². The smallest absolute Gasteiger partial charge is 0.241 e. The summed E-state index contributed by atoms with van der Waals surface area (Å²) in [4.78, 5) is 11.9. The van der Waals surface area contributed by atoms with Crippen LogP contribution in [0.3, 0.4) is 0 Å². The Balaban J connectivity index is 1.95. The predicted octanol–water partition coefficient (Wildman–Crippen LogP) is 3.04. The molecule has 2 rings (SSSR count). The highest BCUT2D eigenvalue weighted by Crippen LogP contribution is 2.17. The van der Waals surface area contributed by atoms with E-state index in [-0.39, 0.29) is 17.5 Å². The van der Waals surface area contributed by atoms with Gasteiger partial charge in [-0.05, 0) is 56.3 Å². The second-order valence-electron chi connectivity index (χ2n) is 5.52. The fourth-order valence-electron chi connectivity index (χ4n) is 1.98. The maximum Gasteiger partial charge on any atom is 0.241 e. The van der Waals surface area contributed by atoms with Gasteiger partial charge in [0, 0.05) is 10.7 Å². The number of hydrogen-bond donors (Lipinski definition) is 2. The van der Waals surface area contributed by atoms with Crippen molar-refractivity contribution >= 4 is 33.2 Å². The maximum atomic E-state index is 12.2. The van der Waals surface area contributed by atoms with Crippen LogP contribution in [-0.4, -0.2) is 27.0 Å². The van der Waals surface area contributed by atoms with E-state index >= 15 is 0 Å². The van der Waals surface area contributed by atoms with E-state index in [0.29, 0.717) is 16.5 Å². The summed E-state index contributed by atoms with van der Waals surface area (Å²) in [6.07, 6.45) is -0.00392. The molecule has 0 fully saturated rings. The number of sulfonamides is 1. The highest BCUT2D eigenvalue weighted by Gasteiger charge is 2.16. The Hall–Kier alpha value is -2.09. The highest BCUT2D eigenvalue weighted by molar-refractivity contribution is 7.89. The number of carbonyl (C=O) groups excluding carboxylic acids is 1. The molecule has 0 bridgehead atoms. The third-order valence-corrected chi connectivity index (χ3v) is 4.69. The van der Waals surface area contributed by atoms with Gasteiger partial charge in [-0.3, -0.25) is 4.79 Å². The van der Waals surface area contributed by atoms with Crippen LogP contribution in [0, 0.1) is 0 Å². The van der Waals surface area contributed by atoms with Crippen molar-refractivity contribution in [3.8, 4) is 5.75 Å². The average Bonchev–Trinajstić information content (AvgIpc) is 2.53. The van der Waals surface area contributed by atoms with Crippen molar-refractivity contribution < 1.29 is 17.9 Å². The second kappa shape index (κ2) is 8.33. The van der Waals surface area contributed by atoms with Crippen molar-refractivity contribution in [3.63, 3.8) is 0 Å². The summed E-state index contributed by atoms with van der Waals surface area (Å²) in [7, 11) is -3.79. The first-order valence-corrected chi connectivity index (χ1v) is 9.44. The van der Waals surface area contributed by atoms with Crippen molar-refractivity contribution in [2.75, 3.05) is 11.9 Å². The zero-order valence-electron chi connectivity index (χ0n) is 13.8. The molecule has 0 spiro atoms. The van der Waals surface area contributed by atoms with Crippen LogP contribution in [0.1, 0.15) is 13.8 Å². The van der Waals surface area contributed by atoms with Gasteiger partial charge in [-0.25, -0.2) is 13.1 Å². The molecule has 0 unspecified atom stereocenters. The number of carbonyl (C=O) groups is 1. The first kappa shape index (κ1) is 19.2. The molecule has 0 radical (unpaired) electrons. The van der Waals surface area contributed by atoms with Crippen LogP contribution in [0.15, 0.2) is 53.4 Å². The summed E-state index contributed by atoms with van der Waals surface area (Å²) in [6, 6.07) is 12.6. The van der Waals surface area contributed by atoms with E-state index in [9.17, 15) is 13.2 Å². The molecule has 2 N–H and O–H groups in total. The fourth-order valence-corrected chi connectivity index (χ4v) is 3.16. The van der Waals surface area contributed by atoms with Gasteiger partial charge in [0.25, 0.3) is 0 Å². The average molecular weight is 383 g/mol. The normalized spacial score (nSPS) is 11.4. The molecule has 0 aliphatic heterocycles. The Labute approximate surface area is 152 Å². The van der Waals surface area contributed by atoms with Crippen LogP contribution in [0.4, 0.5) is 5.69 Å². The summed E-state index contributed by atoms with van der Waals surface area (Å²) in [5, 5.41) is 3.04. The molecule has 2 aromatic rings. The van der Waals surface area contributed by atoms with Gasteiger partial charge in [0.15, 0.2) is 0 Å². The first-order chi connectivity index (χ1) is 11.8.